The van der Waals surface area contributed by atoms with Crippen molar-refractivity contribution in [1.29, 1.82) is 5.41 Å². The minimum absolute atomic E-state index is 0.0473. The standard InChI is InChI=1S/C7H14N5PS/c1-4(2)6-10-12(7(8)14-6)11-9-5(3)13/h4-5,8H,13H2,1-3H3/b8-7?,11-9-. The Morgan fingerprint density at radius 2 is 2.14 bits per heavy atom. The summed E-state index contributed by atoms with van der Waals surface area (Å²) < 4.78 is 0. The zero-order valence-electron chi connectivity index (χ0n) is 8.43. The van der Waals surface area contributed by atoms with E-state index in [9.17, 15) is 0 Å². The highest BCUT2D eigenvalue weighted by Crippen LogP contribution is 2.13. The molecular formula is C7H14N5PS. The molecule has 0 spiro atoms. The van der Waals surface area contributed by atoms with E-state index in [1.807, 2.05) is 20.8 Å². The van der Waals surface area contributed by atoms with Crippen LogP contribution < -0.4 is 4.80 Å². The summed E-state index contributed by atoms with van der Waals surface area (Å²) in [7, 11) is 2.51. The van der Waals surface area contributed by atoms with E-state index in [-0.39, 0.29) is 5.78 Å². The van der Waals surface area contributed by atoms with Crippen molar-refractivity contribution in [1.82, 2.24) is 9.89 Å². The molecule has 5 nitrogen and oxygen atoms in total. The maximum atomic E-state index is 7.59. The van der Waals surface area contributed by atoms with Crippen molar-refractivity contribution in [3.05, 3.63) is 9.81 Å². The second-order valence-corrected chi connectivity index (χ2v) is 5.21. The van der Waals surface area contributed by atoms with Gasteiger partial charge < -0.3 is 0 Å². The van der Waals surface area contributed by atoms with Crippen LogP contribution in [0.4, 0.5) is 0 Å². The average Bonchev–Trinajstić information content (AvgIpc) is 2.43. The van der Waals surface area contributed by atoms with Gasteiger partial charge in [-0.05, 0) is 12.1 Å². The highest BCUT2D eigenvalue weighted by molar-refractivity contribution is 7.17. The van der Waals surface area contributed by atoms with Gasteiger partial charge in [0.05, 0.1) is 5.78 Å². The van der Waals surface area contributed by atoms with Crippen LogP contribution in [0.3, 0.4) is 0 Å². The molecule has 0 aliphatic carbocycles. The average molecular weight is 231 g/mol. The summed E-state index contributed by atoms with van der Waals surface area (Å²) in [5.41, 5.74) is 0. The van der Waals surface area contributed by atoms with Gasteiger partial charge in [-0.2, -0.15) is 5.11 Å². The number of nitrogens with one attached hydrogen (secondary N) is 1. The van der Waals surface area contributed by atoms with Crippen LogP contribution in [0.15, 0.2) is 10.3 Å². The molecule has 1 heterocycles. The summed E-state index contributed by atoms with van der Waals surface area (Å²) in [6, 6.07) is 0. The normalized spacial score (nSPS) is 14.1. The largest absolute Gasteiger partial charge is 0.272 e. The maximum Gasteiger partial charge on any atom is 0.225 e. The van der Waals surface area contributed by atoms with Crippen LogP contribution in [0.2, 0.25) is 0 Å². The fraction of sp³-hybridized carbons (Fsp3) is 0.714. The van der Waals surface area contributed by atoms with Crippen LogP contribution in [0.1, 0.15) is 31.7 Å². The number of rotatable bonds is 3. The topological polar surface area (TPSA) is 66.4 Å². The molecule has 0 aliphatic rings. The number of hydrogen-bond donors (Lipinski definition) is 1. The fourth-order valence-corrected chi connectivity index (χ4v) is 1.49. The summed E-state index contributed by atoms with van der Waals surface area (Å²) in [5, 5.41) is 20.4. The van der Waals surface area contributed by atoms with Crippen LogP contribution >= 0.6 is 20.6 Å². The van der Waals surface area contributed by atoms with E-state index in [0.717, 1.165) is 5.01 Å². The van der Waals surface area contributed by atoms with Gasteiger partial charge in [-0.25, -0.2) is 0 Å². The highest BCUT2D eigenvalue weighted by atomic mass is 32.1. The van der Waals surface area contributed by atoms with Gasteiger partial charge in [0.2, 0.25) is 4.80 Å². The number of aromatic nitrogens is 2. The predicted molar refractivity (Wildman–Crippen MR) is 59.5 cm³/mol. The molecule has 14 heavy (non-hydrogen) atoms. The van der Waals surface area contributed by atoms with Crippen LogP contribution in [0.5, 0.6) is 0 Å². The molecule has 78 valence electrons. The summed E-state index contributed by atoms with van der Waals surface area (Å²) >= 11 is 1.33. The van der Waals surface area contributed by atoms with Gasteiger partial charge in [0, 0.05) is 5.92 Å². The minimum Gasteiger partial charge on any atom is -0.272 e. The van der Waals surface area contributed by atoms with Gasteiger partial charge in [-0.1, -0.05) is 25.2 Å². The summed E-state index contributed by atoms with van der Waals surface area (Å²) in [4.78, 5) is 1.57. The summed E-state index contributed by atoms with van der Waals surface area (Å²) in [6.45, 7) is 5.98. The maximum absolute atomic E-state index is 7.59. The third-order valence-corrected chi connectivity index (χ3v) is 2.64. The van der Waals surface area contributed by atoms with Crippen LogP contribution in [0.25, 0.3) is 0 Å². The van der Waals surface area contributed by atoms with E-state index in [0.29, 0.717) is 10.7 Å². The quantitative estimate of drug-likeness (QED) is 0.627. The van der Waals surface area contributed by atoms with E-state index in [1.54, 1.807) is 0 Å². The highest BCUT2D eigenvalue weighted by Gasteiger charge is 2.06. The van der Waals surface area contributed by atoms with Gasteiger partial charge in [0.1, 0.15) is 5.01 Å². The molecule has 1 aromatic rings. The molecule has 0 saturated carbocycles. The van der Waals surface area contributed by atoms with E-state index in [4.69, 9.17) is 5.41 Å². The Morgan fingerprint density at radius 3 is 2.57 bits per heavy atom. The molecule has 1 rings (SSSR count). The van der Waals surface area contributed by atoms with Gasteiger partial charge in [-0.3, -0.25) is 5.41 Å². The molecule has 0 fully saturated rings. The first-order valence-corrected chi connectivity index (χ1v) is 5.80. The summed E-state index contributed by atoms with van der Waals surface area (Å²) in [6.07, 6.45) is 0. The first-order chi connectivity index (χ1) is 6.50. The van der Waals surface area contributed by atoms with Crippen molar-refractivity contribution < 1.29 is 0 Å². The molecule has 2 unspecified atom stereocenters. The van der Waals surface area contributed by atoms with Crippen LogP contribution in [-0.2, 0) is 0 Å². The third-order valence-electron chi connectivity index (χ3n) is 1.39. The Hall–Kier alpha value is -0.610. The van der Waals surface area contributed by atoms with Gasteiger partial charge in [0.15, 0.2) is 0 Å². The van der Waals surface area contributed by atoms with E-state index in [1.165, 1.54) is 16.1 Å². The first-order valence-electron chi connectivity index (χ1n) is 4.32. The first kappa shape index (κ1) is 11.5. The molecular weight excluding hydrogens is 217 g/mol. The van der Waals surface area contributed by atoms with Crippen molar-refractivity contribution in [3.63, 3.8) is 0 Å². The van der Waals surface area contributed by atoms with Crippen molar-refractivity contribution in [3.8, 4) is 0 Å². The van der Waals surface area contributed by atoms with Crippen molar-refractivity contribution in [2.45, 2.75) is 32.5 Å². The molecule has 1 N–H and O–H groups in total. The van der Waals surface area contributed by atoms with Gasteiger partial charge >= 0.3 is 0 Å². The molecule has 2 atom stereocenters. The van der Waals surface area contributed by atoms with Crippen LogP contribution in [0, 0.1) is 5.41 Å². The summed E-state index contributed by atoms with van der Waals surface area (Å²) in [5.74, 6) is 0.375. The lowest BCUT2D eigenvalue weighted by Gasteiger charge is -1.95. The van der Waals surface area contributed by atoms with E-state index < -0.39 is 0 Å². The molecule has 0 radical (unpaired) electrons. The zero-order chi connectivity index (χ0) is 10.7. The Labute approximate surface area is 88.9 Å². The SMILES string of the molecule is CC(P)/N=N\n1nc(C(C)C)sc1=N. The Balaban J connectivity index is 2.94. The Kier molecular flexibility index (Phi) is 3.89. The fourth-order valence-electron chi connectivity index (χ4n) is 0.723. The second-order valence-electron chi connectivity index (χ2n) is 3.24. The Morgan fingerprint density at radius 1 is 1.50 bits per heavy atom. The lowest BCUT2D eigenvalue weighted by atomic mass is 10.2. The van der Waals surface area contributed by atoms with Crippen molar-refractivity contribution >= 4 is 20.6 Å². The smallest absolute Gasteiger partial charge is 0.225 e. The lowest BCUT2D eigenvalue weighted by molar-refractivity contribution is 0.610. The van der Waals surface area contributed by atoms with Crippen LogP contribution in [-0.4, -0.2) is 15.7 Å². The second kappa shape index (κ2) is 4.75. The van der Waals surface area contributed by atoms with E-state index in [2.05, 4.69) is 24.7 Å². The molecule has 0 saturated heterocycles. The monoisotopic (exact) mass is 231 g/mol. The predicted octanol–water partition coefficient (Wildman–Crippen LogP) is 1.98. The molecule has 0 aromatic carbocycles. The third kappa shape index (κ3) is 2.96. The molecule has 1 aromatic heterocycles. The lowest BCUT2D eigenvalue weighted by Crippen LogP contribution is -2.09. The van der Waals surface area contributed by atoms with Crippen molar-refractivity contribution in [2.24, 2.45) is 10.3 Å². The molecule has 7 heteroatoms. The molecule has 0 bridgehead atoms. The van der Waals surface area contributed by atoms with Gasteiger partial charge in [-0.15, -0.1) is 19.1 Å². The molecule has 0 amide bonds. The number of nitrogens with zero attached hydrogens (tertiary/aromatic N) is 4. The molecule has 0 aliphatic heterocycles. The van der Waals surface area contributed by atoms with Crippen molar-refractivity contribution in [2.75, 3.05) is 0 Å². The van der Waals surface area contributed by atoms with E-state index >= 15 is 0 Å². The minimum atomic E-state index is 0.0473. The zero-order valence-corrected chi connectivity index (χ0v) is 10.4. The Bertz CT molecular complexity index is 378. The number of hydrogen-bond acceptors (Lipinski definition) is 5. The van der Waals surface area contributed by atoms with Gasteiger partial charge in [0.25, 0.3) is 0 Å².